The van der Waals surface area contributed by atoms with E-state index in [9.17, 15) is 9.59 Å². The van der Waals surface area contributed by atoms with Crippen LogP contribution in [0.2, 0.25) is 0 Å². The van der Waals surface area contributed by atoms with E-state index in [4.69, 9.17) is 9.15 Å². The number of amides is 2. The Morgan fingerprint density at radius 1 is 1.33 bits per heavy atom. The smallest absolute Gasteiger partial charge is 0.410 e. The molecule has 7 nitrogen and oxygen atoms in total. The van der Waals surface area contributed by atoms with E-state index >= 15 is 0 Å². The summed E-state index contributed by atoms with van der Waals surface area (Å²) in [7, 11) is 0. The highest BCUT2D eigenvalue weighted by Gasteiger charge is 2.56. The van der Waals surface area contributed by atoms with Gasteiger partial charge in [0.15, 0.2) is 5.76 Å². The lowest BCUT2D eigenvalue weighted by atomic mass is 10.2. The number of carbonyl (C=O) groups excluding carboxylic acids is 2. The minimum atomic E-state index is -0.459. The van der Waals surface area contributed by atoms with Crippen LogP contribution in [0.3, 0.4) is 0 Å². The second kappa shape index (κ2) is 6.55. The fourth-order valence-electron chi connectivity index (χ4n) is 3.98. The lowest BCUT2D eigenvalue weighted by molar-refractivity contribution is 0.0265. The van der Waals surface area contributed by atoms with Gasteiger partial charge in [0.05, 0.1) is 0 Å². The van der Waals surface area contributed by atoms with Crippen molar-refractivity contribution < 1.29 is 18.7 Å². The Morgan fingerprint density at radius 2 is 2.07 bits per heavy atom. The van der Waals surface area contributed by atoms with Gasteiger partial charge in [-0.2, -0.15) is 0 Å². The molecule has 1 saturated heterocycles. The standard InChI is InChI=1S/C20H25N3O4/c1-20(2,3)27-19(25)23-10-14-13(15(14)11-23)6-8-21-17(24)16-9-12-5-4-7-22-18(12)26-16/h4-5,7,9,13-15H,6,8,10-11H2,1-3H3,(H,21,24)/t13?,14-,15+. The Hall–Kier alpha value is -2.57. The third-order valence-corrected chi connectivity index (χ3v) is 5.30. The summed E-state index contributed by atoms with van der Waals surface area (Å²) >= 11 is 0. The molecule has 1 aliphatic heterocycles. The van der Waals surface area contributed by atoms with Gasteiger partial charge in [0.1, 0.15) is 5.60 Å². The van der Waals surface area contributed by atoms with Crippen LogP contribution in [0.15, 0.2) is 28.8 Å². The molecule has 144 valence electrons. The van der Waals surface area contributed by atoms with Crippen LogP contribution in [0, 0.1) is 17.8 Å². The van der Waals surface area contributed by atoms with Gasteiger partial charge in [0.2, 0.25) is 5.71 Å². The molecule has 0 bridgehead atoms. The molecule has 1 unspecified atom stereocenters. The lowest BCUT2D eigenvalue weighted by Crippen LogP contribution is -2.37. The average molecular weight is 371 g/mol. The molecule has 2 amide bonds. The highest BCUT2D eigenvalue weighted by atomic mass is 16.6. The van der Waals surface area contributed by atoms with Crippen molar-refractivity contribution in [1.29, 1.82) is 0 Å². The first-order valence-electron chi connectivity index (χ1n) is 9.42. The van der Waals surface area contributed by atoms with E-state index in [-0.39, 0.29) is 17.8 Å². The van der Waals surface area contributed by atoms with Crippen molar-refractivity contribution in [2.45, 2.75) is 32.8 Å². The molecule has 1 aliphatic carbocycles. The molecule has 4 rings (SSSR count). The van der Waals surface area contributed by atoms with Crippen LogP contribution in [0.25, 0.3) is 11.1 Å². The molecule has 0 radical (unpaired) electrons. The first-order valence-corrected chi connectivity index (χ1v) is 9.42. The zero-order valence-corrected chi connectivity index (χ0v) is 15.9. The molecular weight excluding hydrogens is 346 g/mol. The number of pyridine rings is 1. The molecule has 3 heterocycles. The number of carbonyl (C=O) groups is 2. The van der Waals surface area contributed by atoms with E-state index in [0.29, 0.717) is 30.0 Å². The molecule has 2 fully saturated rings. The Balaban J connectivity index is 1.21. The number of furan rings is 1. The summed E-state index contributed by atoms with van der Waals surface area (Å²) < 4.78 is 10.9. The van der Waals surface area contributed by atoms with Crippen LogP contribution in [-0.4, -0.2) is 47.1 Å². The second-order valence-corrected chi connectivity index (χ2v) is 8.43. The second-order valence-electron chi connectivity index (χ2n) is 8.43. The minimum Gasteiger partial charge on any atom is -0.444 e. The molecule has 7 heteroatoms. The topological polar surface area (TPSA) is 84.7 Å². The van der Waals surface area contributed by atoms with Crippen molar-refractivity contribution in [3.05, 3.63) is 30.2 Å². The number of hydrogen-bond acceptors (Lipinski definition) is 5. The van der Waals surface area contributed by atoms with Crippen LogP contribution in [0.1, 0.15) is 37.7 Å². The molecule has 1 saturated carbocycles. The van der Waals surface area contributed by atoms with Crippen molar-refractivity contribution in [1.82, 2.24) is 15.2 Å². The number of piperidine rings is 1. The summed E-state index contributed by atoms with van der Waals surface area (Å²) in [5.74, 6) is 1.71. The fourth-order valence-corrected chi connectivity index (χ4v) is 3.98. The number of nitrogens with one attached hydrogen (secondary N) is 1. The van der Waals surface area contributed by atoms with Gasteiger partial charge in [-0.25, -0.2) is 9.78 Å². The number of nitrogens with zero attached hydrogens (tertiary/aromatic N) is 2. The quantitative estimate of drug-likeness (QED) is 0.893. The zero-order chi connectivity index (χ0) is 19.2. The molecular formula is C20H25N3O4. The number of rotatable bonds is 4. The summed E-state index contributed by atoms with van der Waals surface area (Å²) in [6.45, 7) is 7.76. The first kappa shape index (κ1) is 17.8. The van der Waals surface area contributed by atoms with E-state index in [1.54, 1.807) is 17.2 Å². The number of ether oxygens (including phenoxy) is 1. The van der Waals surface area contributed by atoms with Gasteiger partial charge in [0, 0.05) is 31.2 Å². The van der Waals surface area contributed by atoms with Crippen molar-refractivity contribution in [3.8, 4) is 0 Å². The SMILES string of the molecule is CC(C)(C)OC(=O)N1C[C@@H]2C(CCNC(=O)c3cc4cccnc4o3)[C@@H]2C1. The number of fused-ring (bicyclic) bond motifs is 2. The van der Waals surface area contributed by atoms with E-state index in [1.807, 2.05) is 32.9 Å². The summed E-state index contributed by atoms with van der Waals surface area (Å²) in [5.41, 5.74) is 0.0151. The van der Waals surface area contributed by atoms with E-state index < -0.39 is 5.60 Å². The number of hydrogen-bond donors (Lipinski definition) is 1. The Kier molecular flexibility index (Phi) is 4.32. The minimum absolute atomic E-state index is 0.214. The molecule has 27 heavy (non-hydrogen) atoms. The average Bonchev–Trinajstić information content (AvgIpc) is 3.00. The largest absolute Gasteiger partial charge is 0.444 e. The third-order valence-electron chi connectivity index (χ3n) is 5.30. The van der Waals surface area contributed by atoms with Gasteiger partial charge in [-0.1, -0.05) is 0 Å². The van der Waals surface area contributed by atoms with Crippen molar-refractivity contribution in [2.75, 3.05) is 19.6 Å². The van der Waals surface area contributed by atoms with Crippen LogP contribution in [-0.2, 0) is 4.74 Å². The van der Waals surface area contributed by atoms with Gasteiger partial charge in [-0.15, -0.1) is 0 Å². The number of likely N-dealkylation sites (tertiary alicyclic amines) is 1. The Bertz CT molecular complexity index is 824. The van der Waals surface area contributed by atoms with Crippen LogP contribution in [0.4, 0.5) is 4.79 Å². The molecule has 2 aromatic rings. The highest BCUT2D eigenvalue weighted by Crippen LogP contribution is 2.53. The summed E-state index contributed by atoms with van der Waals surface area (Å²) in [4.78, 5) is 30.2. The maximum absolute atomic E-state index is 12.2. The van der Waals surface area contributed by atoms with Crippen LogP contribution < -0.4 is 5.32 Å². The van der Waals surface area contributed by atoms with Gasteiger partial charge in [-0.3, -0.25) is 4.79 Å². The maximum Gasteiger partial charge on any atom is 0.410 e. The fraction of sp³-hybridized carbons (Fsp3) is 0.550. The third kappa shape index (κ3) is 3.77. The zero-order valence-electron chi connectivity index (χ0n) is 15.9. The van der Waals surface area contributed by atoms with Crippen molar-refractivity contribution in [2.24, 2.45) is 17.8 Å². The number of aromatic nitrogens is 1. The van der Waals surface area contributed by atoms with Crippen molar-refractivity contribution in [3.63, 3.8) is 0 Å². The van der Waals surface area contributed by atoms with E-state index in [1.165, 1.54) is 0 Å². The van der Waals surface area contributed by atoms with Crippen molar-refractivity contribution >= 4 is 23.1 Å². The van der Waals surface area contributed by atoms with E-state index in [0.717, 1.165) is 24.9 Å². The molecule has 2 aromatic heterocycles. The van der Waals surface area contributed by atoms with Gasteiger partial charge in [-0.05, 0) is 63.1 Å². The first-order chi connectivity index (χ1) is 12.8. The van der Waals surface area contributed by atoms with E-state index in [2.05, 4.69) is 10.3 Å². The van der Waals surface area contributed by atoms with Crippen LogP contribution in [0.5, 0.6) is 0 Å². The predicted molar refractivity (Wildman–Crippen MR) is 99.2 cm³/mol. The van der Waals surface area contributed by atoms with Crippen LogP contribution >= 0.6 is 0 Å². The maximum atomic E-state index is 12.2. The lowest BCUT2D eigenvalue weighted by Gasteiger charge is -2.25. The van der Waals surface area contributed by atoms with Gasteiger partial charge in [0.25, 0.3) is 5.91 Å². The Labute approximate surface area is 158 Å². The normalized spacial score (nSPS) is 24.0. The van der Waals surface area contributed by atoms with Gasteiger partial charge < -0.3 is 19.4 Å². The molecule has 2 aliphatic rings. The van der Waals surface area contributed by atoms with Gasteiger partial charge >= 0.3 is 6.09 Å². The monoisotopic (exact) mass is 371 g/mol. The summed E-state index contributed by atoms with van der Waals surface area (Å²) in [6, 6.07) is 5.39. The predicted octanol–water partition coefficient (Wildman–Crippen LogP) is 3.06. The highest BCUT2D eigenvalue weighted by molar-refractivity contribution is 5.95. The Morgan fingerprint density at radius 3 is 2.74 bits per heavy atom. The summed E-state index contributed by atoms with van der Waals surface area (Å²) in [6.07, 6.45) is 2.34. The molecule has 0 aromatic carbocycles. The molecule has 1 N–H and O–H groups in total. The molecule has 0 spiro atoms. The summed E-state index contributed by atoms with van der Waals surface area (Å²) in [5, 5.41) is 3.74. The molecule has 3 atom stereocenters.